The highest BCUT2D eigenvalue weighted by Crippen LogP contribution is 2.50. The van der Waals surface area contributed by atoms with Crippen LogP contribution < -0.4 is 4.90 Å². The minimum absolute atomic E-state index is 0.0271. The molecule has 0 atom stereocenters. The number of hydrogen-bond donors (Lipinski definition) is 0. The van der Waals surface area contributed by atoms with E-state index in [1.165, 1.54) is 51.1 Å². The van der Waals surface area contributed by atoms with Gasteiger partial charge in [-0.25, -0.2) is 0 Å². The zero-order chi connectivity index (χ0) is 28.5. The lowest BCUT2D eigenvalue weighted by molar-refractivity contribution is 0.637. The van der Waals surface area contributed by atoms with Crippen molar-refractivity contribution in [2.75, 3.05) is 18.3 Å². The fraction of sp³-hybridized carbons (Fsp3) is 0.324. The maximum absolute atomic E-state index is 5.00. The molecule has 6 rings (SSSR count). The van der Waals surface area contributed by atoms with E-state index in [0.717, 1.165) is 37.1 Å². The summed E-state index contributed by atoms with van der Waals surface area (Å²) in [5, 5.41) is 0. The van der Waals surface area contributed by atoms with E-state index >= 15 is 0 Å². The van der Waals surface area contributed by atoms with Crippen molar-refractivity contribution in [3.05, 3.63) is 118 Å². The SMILES string of the molecule is CCl.CN1/C(=C/C=C/C=C/C=C/C2=Nc3ccc4c(c3C2(C)C)C=CCC4)C(C)(C)c2c1ccc1c2C=CCC1. The van der Waals surface area contributed by atoms with Crippen LogP contribution in [0, 0.1) is 0 Å². The first-order valence-corrected chi connectivity index (χ1v) is 15.1. The molecule has 3 heteroatoms. The van der Waals surface area contributed by atoms with Crippen LogP contribution in [0.15, 0.2) is 89.6 Å². The van der Waals surface area contributed by atoms with Crippen molar-refractivity contribution in [2.45, 2.75) is 64.2 Å². The van der Waals surface area contributed by atoms with Crippen LogP contribution in [0.25, 0.3) is 12.2 Å². The molecule has 2 heterocycles. The number of likely N-dealkylation sites (N-methyl/N-ethyl adjacent to an activating group) is 1. The van der Waals surface area contributed by atoms with Gasteiger partial charge in [0.15, 0.2) is 0 Å². The predicted octanol–water partition coefficient (Wildman–Crippen LogP) is 9.80. The van der Waals surface area contributed by atoms with Crippen molar-refractivity contribution >= 4 is 40.8 Å². The zero-order valence-corrected chi connectivity index (χ0v) is 25.5. The van der Waals surface area contributed by atoms with Gasteiger partial charge >= 0.3 is 0 Å². The summed E-state index contributed by atoms with van der Waals surface area (Å²) < 4.78 is 0. The van der Waals surface area contributed by atoms with E-state index < -0.39 is 0 Å². The molecule has 4 aliphatic rings. The van der Waals surface area contributed by atoms with Gasteiger partial charge in [0.05, 0.1) is 11.4 Å². The van der Waals surface area contributed by atoms with Gasteiger partial charge in [0.2, 0.25) is 0 Å². The molecule has 0 bridgehead atoms. The summed E-state index contributed by atoms with van der Waals surface area (Å²) in [6, 6.07) is 9.09. The Balaban J connectivity index is 0.00000158. The fourth-order valence-electron chi connectivity index (χ4n) is 6.81. The number of hydrogen-bond acceptors (Lipinski definition) is 2. The van der Waals surface area contributed by atoms with E-state index in [0.29, 0.717) is 0 Å². The fourth-order valence-corrected chi connectivity index (χ4v) is 6.81. The topological polar surface area (TPSA) is 15.6 Å². The minimum atomic E-state index is -0.0883. The molecule has 2 aromatic rings. The highest BCUT2D eigenvalue weighted by atomic mass is 35.5. The van der Waals surface area contributed by atoms with Crippen molar-refractivity contribution in [1.82, 2.24) is 0 Å². The predicted molar refractivity (Wildman–Crippen MR) is 176 cm³/mol. The summed E-state index contributed by atoms with van der Waals surface area (Å²) in [7, 11) is 2.19. The summed E-state index contributed by atoms with van der Waals surface area (Å²) in [5.41, 5.74) is 13.4. The number of rotatable bonds is 4. The van der Waals surface area contributed by atoms with E-state index in [2.05, 4.69) is 142 Å². The second-order valence-corrected chi connectivity index (χ2v) is 11.9. The molecule has 0 spiro atoms. The number of benzene rings is 2. The first-order chi connectivity index (χ1) is 19.3. The highest BCUT2D eigenvalue weighted by Gasteiger charge is 2.40. The second-order valence-electron chi connectivity index (χ2n) is 11.9. The Labute approximate surface area is 245 Å². The quantitative estimate of drug-likeness (QED) is 0.274. The Morgan fingerprint density at radius 3 is 2.05 bits per heavy atom. The van der Waals surface area contributed by atoms with Crippen LogP contribution in [0.4, 0.5) is 11.4 Å². The van der Waals surface area contributed by atoms with Crippen LogP contribution >= 0.6 is 11.6 Å². The summed E-state index contributed by atoms with van der Waals surface area (Å²) in [4.78, 5) is 7.36. The van der Waals surface area contributed by atoms with Crippen molar-refractivity contribution in [3.8, 4) is 0 Å². The molecule has 0 fully saturated rings. The van der Waals surface area contributed by atoms with Gasteiger partial charge in [-0.05, 0) is 83.3 Å². The third kappa shape index (κ3) is 4.77. The summed E-state index contributed by atoms with van der Waals surface area (Å²) >= 11 is 4.64. The van der Waals surface area contributed by atoms with E-state index in [-0.39, 0.29) is 10.8 Å². The van der Waals surface area contributed by atoms with E-state index in [1.54, 1.807) is 0 Å². The van der Waals surface area contributed by atoms with E-state index in [4.69, 9.17) is 4.99 Å². The number of allylic oxidation sites excluding steroid dienone is 10. The Morgan fingerprint density at radius 2 is 1.35 bits per heavy atom. The average Bonchev–Trinajstić information content (AvgIpc) is 3.34. The zero-order valence-electron chi connectivity index (χ0n) is 24.8. The third-order valence-corrected chi connectivity index (χ3v) is 8.80. The molecular weight excluding hydrogens is 508 g/mol. The number of nitrogens with zero attached hydrogens (tertiary/aromatic N) is 2. The van der Waals surface area contributed by atoms with Gasteiger partial charge in [-0.15, -0.1) is 11.6 Å². The Hall–Kier alpha value is -3.36. The molecule has 206 valence electrons. The number of fused-ring (bicyclic) bond motifs is 6. The molecule has 0 saturated carbocycles. The number of halogens is 1. The molecule has 0 amide bonds. The molecule has 2 aliphatic carbocycles. The van der Waals surface area contributed by atoms with Crippen LogP contribution in [0.1, 0.15) is 73.9 Å². The maximum Gasteiger partial charge on any atom is 0.0680 e. The molecule has 0 N–H and O–H groups in total. The minimum Gasteiger partial charge on any atom is -0.347 e. The van der Waals surface area contributed by atoms with E-state index in [9.17, 15) is 0 Å². The van der Waals surface area contributed by atoms with Gasteiger partial charge in [-0.1, -0.05) is 94.5 Å². The molecule has 40 heavy (non-hydrogen) atoms. The van der Waals surface area contributed by atoms with Crippen molar-refractivity contribution in [3.63, 3.8) is 0 Å². The molecule has 0 aromatic heterocycles. The van der Waals surface area contributed by atoms with Gasteiger partial charge in [-0.2, -0.15) is 0 Å². The highest BCUT2D eigenvalue weighted by molar-refractivity contribution is 6.15. The number of alkyl halides is 1. The first-order valence-electron chi connectivity index (χ1n) is 14.4. The number of aryl methyl sites for hydroxylation is 2. The van der Waals surface area contributed by atoms with Crippen molar-refractivity contribution < 1.29 is 0 Å². The third-order valence-electron chi connectivity index (χ3n) is 8.80. The second kappa shape index (κ2) is 11.3. The van der Waals surface area contributed by atoms with Gasteiger partial charge < -0.3 is 4.90 Å². The van der Waals surface area contributed by atoms with Crippen LogP contribution in [-0.4, -0.2) is 19.1 Å². The van der Waals surface area contributed by atoms with Gasteiger partial charge in [0.1, 0.15) is 0 Å². The van der Waals surface area contributed by atoms with Crippen LogP contribution in [0.2, 0.25) is 0 Å². The molecule has 2 aromatic carbocycles. The molecule has 0 radical (unpaired) electrons. The normalized spacial score (nSPS) is 20.5. The molecular formula is C37H41ClN2. The van der Waals surface area contributed by atoms with Crippen LogP contribution in [0.3, 0.4) is 0 Å². The van der Waals surface area contributed by atoms with Gasteiger partial charge in [-0.3, -0.25) is 4.99 Å². The molecule has 2 aliphatic heterocycles. The van der Waals surface area contributed by atoms with Gasteiger partial charge in [0, 0.05) is 35.6 Å². The molecule has 0 saturated heterocycles. The van der Waals surface area contributed by atoms with Crippen LogP contribution in [0.5, 0.6) is 0 Å². The smallest absolute Gasteiger partial charge is 0.0680 e. The lowest BCUT2D eigenvalue weighted by Crippen LogP contribution is -2.25. The lowest BCUT2D eigenvalue weighted by atomic mass is 9.76. The lowest BCUT2D eigenvalue weighted by Gasteiger charge is -2.25. The first kappa shape index (κ1) is 28.2. The van der Waals surface area contributed by atoms with Crippen molar-refractivity contribution in [2.24, 2.45) is 4.99 Å². The summed E-state index contributed by atoms with van der Waals surface area (Å²) in [6.07, 6.45) is 30.3. The number of aliphatic imine (C=N–C) groups is 1. The molecule has 0 unspecified atom stereocenters. The maximum atomic E-state index is 5.00. The Morgan fingerprint density at radius 1 is 0.750 bits per heavy atom. The summed E-state index contributed by atoms with van der Waals surface area (Å²) in [6.45, 7) is 9.30. The monoisotopic (exact) mass is 548 g/mol. The number of anilines is 1. The van der Waals surface area contributed by atoms with Gasteiger partial charge in [0.25, 0.3) is 0 Å². The van der Waals surface area contributed by atoms with Crippen molar-refractivity contribution in [1.29, 1.82) is 0 Å². The largest absolute Gasteiger partial charge is 0.347 e. The van der Waals surface area contributed by atoms with E-state index in [1.807, 2.05) is 0 Å². The average molecular weight is 549 g/mol. The summed E-state index contributed by atoms with van der Waals surface area (Å²) in [5.74, 6) is 0. The molecule has 2 nitrogen and oxygen atoms in total. The Bertz CT molecular complexity index is 1520. The Kier molecular flexibility index (Phi) is 7.93. The van der Waals surface area contributed by atoms with Crippen LogP contribution in [-0.2, 0) is 23.7 Å². The standard InChI is InChI=1S/C36H38N2.CH3Cl/c1-35(2)31(37-29-23-21-25-15-11-13-17-27(25)33(29)35)19-9-7-6-8-10-20-32-36(3,4)34-28-18-14-12-16-26(28)22-24-30(34)38(32)5;1-2/h6-10,13-14,17-24H,11-12,15-16H2,1-5H3;1H3/b7-6+,10-8+,19-9+,32-20+;.